The second-order valence-electron chi connectivity index (χ2n) is 6.97. The first-order valence-electron chi connectivity index (χ1n) is 9.14. The van der Waals surface area contributed by atoms with Crippen LogP contribution < -0.4 is 10.6 Å². The van der Waals surface area contributed by atoms with E-state index in [0.717, 1.165) is 51.6 Å². The summed E-state index contributed by atoms with van der Waals surface area (Å²) < 4.78 is 5.35. The van der Waals surface area contributed by atoms with Gasteiger partial charge in [0.05, 0.1) is 13.2 Å². The highest BCUT2D eigenvalue weighted by Gasteiger charge is 2.31. The SMILES string of the molecule is CCNC(=NCCC1=CCOCC1)NC1CN(C(C)C)CC1C.I. The number of guanidine groups is 1. The second-order valence-corrected chi connectivity index (χ2v) is 6.97. The van der Waals surface area contributed by atoms with Gasteiger partial charge < -0.3 is 15.4 Å². The molecule has 1 fully saturated rings. The summed E-state index contributed by atoms with van der Waals surface area (Å²) in [4.78, 5) is 7.31. The van der Waals surface area contributed by atoms with Crippen LogP contribution in [0.3, 0.4) is 0 Å². The fraction of sp³-hybridized carbons (Fsp3) is 0.833. The van der Waals surface area contributed by atoms with Crippen LogP contribution in [-0.4, -0.2) is 62.3 Å². The molecule has 5 nitrogen and oxygen atoms in total. The van der Waals surface area contributed by atoms with Crippen molar-refractivity contribution < 1.29 is 4.74 Å². The van der Waals surface area contributed by atoms with Crippen LogP contribution in [0.5, 0.6) is 0 Å². The molecular formula is C18H35IN4O. The van der Waals surface area contributed by atoms with Crippen LogP contribution in [0.25, 0.3) is 0 Å². The molecule has 2 heterocycles. The predicted molar refractivity (Wildman–Crippen MR) is 112 cm³/mol. The van der Waals surface area contributed by atoms with Crippen molar-refractivity contribution >= 4 is 29.9 Å². The maximum absolute atomic E-state index is 5.35. The van der Waals surface area contributed by atoms with Crippen LogP contribution in [0.15, 0.2) is 16.6 Å². The number of nitrogens with one attached hydrogen (secondary N) is 2. The Morgan fingerprint density at radius 2 is 2.21 bits per heavy atom. The standard InChI is InChI=1S/C18H34N4O.HI/c1-5-19-18(20-9-6-16-7-10-23-11-8-16)21-17-13-22(14(2)3)12-15(17)4;/h7,14-15,17H,5-6,8-13H2,1-4H3,(H2,19,20,21);1H. The van der Waals surface area contributed by atoms with Gasteiger partial charge in [0.2, 0.25) is 0 Å². The summed E-state index contributed by atoms with van der Waals surface area (Å²) >= 11 is 0. The Kier molecular flexibility index (Phi) is 10.2. The monoisotopic (exact) mass is 450 g/mol. The molecule has 0 aromatic rings. The number of nitrogens with zero attached hydrogens (tertiary/aromatic N) is 2. The largest absolute Gasteiger partial charge is 0.377 e. The fourth-order valence-electron chi connectivity index (χ4n) is 3.21. The third-order valence-corrected chi connectivity index (χ3v) is 4.80. The van der Waals surface area contributed by atoms with E-state index in [0.29, 0.717) is 18.0 Å². The molecule has 0 aliphatic carbocycles. The van der Waals surface area contributed by atoms with Crippen molar-refractivity contribution in [1.82, 2.24) is 15.5 Å². The van der Waals surface area contributed by atoms with Crippen LogP contribution in [0, 0.1) is 5.92 Å². The lowest BCUT2D eigenvalue weighted by Gasteiger charge is -2.22. The summed E-state index contributed by atoms with van der Waals surface area (Å²) in [7, 11) is 0. The average molecular weight is 450 g/mol. The van der Waals surface area contributed by atoms with E-state index in [1.165, 1.54) is 12.1 Å². The highest BCUT2D eigenvalue weighted by Crippen LogP contribution is 2.18. The van der Waals surface area contributed by atoms with Crippen LogP contribution in [-0.2, 0) is 4.74 Å². The smallest absolute Gasteiger partial charge is 0.191 e. The van der Waals surface area contributed by atoms with Gasteiger partial charge in [-0.1, -0.05) is 18.6 Å². The molecule has 0 saturated carbocycles. The first kappa shape index (κ1) is 21.7. The Bertz CT molecular complexity index is 425. The zero-order valence-corrected chi connectivity index (χ0v) is 18.0. The highest BCUT2D eigenvalue weighted by atomic mass is 127. The molecule has 6 heteroatoms. The number of rotatable bonds is 6. The van der Waals surface area contributed by atoms with Crippen molar-refractivity contribution in [2.45, 2.75) is 52.6 Å². The zero-order chi connectivity index (χ0) is 16.7. The summed E-state index contributed by atoms with van der Waals surface area (Å²) in [5.74, 6) is 1.61. The van der Waals surface area contributed by atoms with Crippen LogP contribution in [0.1, 0.15) is 40.5 Å². The van der Waals surface area contributed by atoms with Gasteiger partial charge in [-0.2, -0.15) is 0 Å². The summed E-state index contributed by atoms with van der Waals surface area (Å²) in [6.45, 7) is 14.6. The Labute approximate surface area is 164 Å². The molecule has 24 heavy (non-hydrogen) atoms. The topological polar surface area (TPSA) is 48.9 Å². The maximum atomic E-state index is 5.35. The van der Waals surface area contributed by atoms with Gasteiger partial charge in [-0.05, 0) is 39.5 Å². The molecule has 0 aromatic heterocycles. The van der Waals surface area contributed by atoms with E-state index in [2.05, 4.69) is 49.3 Å². The average Bonchev–Trinajstić information content (AvgIpc) is 2.90. The molecule has 2 aliphatic heterocycles. The van der Waals surface area contributed by atoms with Crippen LogP contribution in [0.4, 0.5) is 0 Å². The highest BCUT2D eigenvalue weighted by molar-refractivity contribution is 14.0. The zero-order valence-electron chi connectivity index (χ0n) is 15.7. The van der Waals surface area contributed by atoms with Crippen molar-refractivity contribution in [3.8, 4) is 0 Å². The maximum Gasteiger partial charge on any atom is 0.191 e. The van der Waals surface area contributed by atoms with Gasteiger partial charge in [-0.3, -0.25) is 9.89 Å². The van der Waals surface area contributed by atoms with Gasteiger partial charge in [0, 0.05) is 38.3 Å². The quantitative estimate of drug-likeness (QED) is 0.283. The molecule has 2 atom stereocenters. The van der Waals surface area contributed by atoms with Crippen LogP contribution >= 0.6 is 24.0 Å². The van der Waals surface area contributed by atoms with E-state index in [4.69, 9.17) is 9.73 Å². The first-order valence-corrected chi connectivity index (χ1v) is 9.14. The Morgan fingerprint density at radius 1 is 1.42 bits per heavy atom. The number of halogens is 1. The lowest BCUT2D eigenvalue weighted by Crippen LogP contribution is -2.46. The molecule has 2 rings (SSSR count). The normalized spacial score (nSPS) is 25.4. The van der Waals surface area contributed by atoms with E-state index in [-0.39, 0.29) is 24.0 Å². The van der Waals surface area contributed by atoms with Crippen molar-refractivity contribution in [3.05, 3.63) is 11.6 Å². The van der Waals surface area contributed by atoms with Crippen molar-refractivity contribution in [2.24, 2.45) is 10.9 Å². The van der Waals surface area contributed by atoms with Crippen molar-refractivity contribution in [2.75, 3.05) is 39.4 Å². The summed E-state index contributed by atoms with van der Waals surface area (Å²) in [5, 5.41) is 7.03. The Hall–Kier alpha value is -0.340. The number of hydrogen-bond acceptors (Lipinski definition) is 3. The second kappa shape index (κ2) is 11.3. The third kappa shape index (κ3) is 6.88. The summed E-state index contributed by atoms with van der Waals surface area (Å²) in [5.41, 5.74) is 1.48. The number of likely N-dealkylation sites (tertiary alicyclic amines) is 1. The molecule has 0 bridgehead atoms. The third-order valence-electron chi connectivity index (χ3n) is 4.80. The number of ether oxygens (including phenoxy) is 1. The van der Waals surface area contributed by atoms with Gasteiger partial charge in [0.1, 0.15) is 0 Å². The summed E-state index contributed by atoms with van der Waals surface area (Å²) in [6, 6.07) is 1.10. The van der Waals surface area contributed by atoms with Crippen molar-refractivity contribution in [1.29, 1.82) is 0 Å². The molecule has 2 unspecified atom stereocenters. The van der Waals surface area contributed by atoms with Gasteiger partial charge >= 0.3 is 0 Å². The lowest BCUT2D eigenvalue weighted by molar-refractivity contribution is 0.153. The lowest BCUT2D eigenvalue weighted by atomic mass is 10.1. The summed E-state index contributed by atoms with van der Waals surface area (Å²) in [6.07, 6.45) is 4.31. The minimum absolute atomic E-state index is 0. The van der Waals surface area contributed by atoms with Crippen molar-refractivity contribution in [3.63, 3.8) is 0 Å². The number of hydrogen-bond donors (Lipinski definition) is 2. The van der Waals surface area contributed by atoms with Gasteiger partial charge in [0.15, 0.2) is 5.96 Å². The first-order chi connectivity index (χ1) is 11.1. The molecule has 2 N–H and O–H groups in total. The Morgan fingerprint density at radius 3 is 2.79 bits per heavy atom. The van der Waals surface area contributed by atoms with Gasteiger partial charge in [-0.15, -0.1) is 24.0 Å². The molecule has 0 amide bonds. The number of aliphatic imine (C=N–C) groups is 1. The molecule has 140 valence electrons. The van der Waals surface area contributed by atoms with Gasteiger partial charge in [-0.25, -0.2) is 0 Å². The fourth-order valence-corrected chi connectivity index (χ4v) is 3.21. The van der Waals surface area contributed by atoms with E-state index >= 15 is 0 Å². The van der Waals surface area contributed by atoms with Crippen LogP contribution in [0.2, 0.25) is 0 Å². The Balaban J connectivity index is 0.00000288. The minimum atomic E-state index is 0. The molecule has 2 aliphatic rings. The molecule has 0 spiro atoms. The molecule has 0 aromatic carbocycles. The predicted octanol–water partition coefficient (Wildman–Crippen LogP) is 2.63. The minimum Gasteiger partial charge on any atom is -0.377 e. The molecular weight excluding hydrogens is 415 g/mol. The molecule has 0 radical (unpaired) electrons. The van der Waals surface area contributed by atoms with E-state index in [9.17, 15) is 0 Å². The van der Waals surface area contributed by atoms with Gasteiger partial charge in [0.25, 0.3) is 0 Å². The van der Waals surface area contributed by atoms with E-state index in [1.807, 2.05) is 0 Å². The van der Waals surface area contributed by atoms with E-state index < -0.39 is 0 Å². The van der Waals surface area contributed by atoms with E-state index in [1.54, 1.807) is 0 Å². The molecule has 1 saturated heterocycles.